The number of rotatable bonds is 5. The van der Waals surface area contributed by atoms with Crippen molar-refractivity contribution in [3.05, 3.63) is 59.4 Å². The van der Waals surface area contributed by atoms with Crippen molar-refractivity contribution in [3.8, 4) is 0 Å². The van der Waals surface area contributed by atoms with Crippen LogP contribution in [0.1, 0.15) is 15.9 Å². The van der Waals surface area contributed by atoms with Crippen molar-refractivity contribution in [1.29, 1.82) is 0 Å². The summed E-state index contributed by atoms with van der Waals surface area (Å²) >= 11 is 0. The second-order valence-corrected chi connectivity index (χ2v) is 8.63. The van der Waals surface area contributed by atoms with E-state index in [9.17, 15) is 22.7 Å². The molecule has 6 nitrogen and oxygen atoms in total. The van der Waals surface area contributed by atoms with Gasteiger partial charge in [0.05, 0.1) is 30.0 Å². The molecule has 0 spiro atoms. The van der Waals surface area contributed by atoms with Gasteiger partial charge >= 0.3 is 0 Å². The van der Waals surface area contributed by atoms with E-state index in [4.69, 9.17) is 4.74 Å². The largest absolute Gasteiger partial charge is 0.390 e. The smallest absolute Gasteiger partial charge is 0.255 e. The Bertz CT molecular complexity index is 960. The quantitative estimate of drug-likeness (QED) is 0.812. The number of carbonyl (C=O) groups excluding carboxylic acids is 1. The maximum Gasteiger partial charge on any atom is 0.255 e. The molecule has 0 aliphatic carbocycles. The average molecular weight is 393 g/mol. The first kappa shape index (κ1) is 19.5. The molecular weight excluding hydrogens is 373 g/mol. The predicted octanol–water partition coefficient (Wildman–Crippen LogP) is 2.17. The number of carbonyl (C=O) groups is 1. The topological polar surface area (TPSA) is 92.7 Å². The highest BCUT2D eigenvalue weighted by Gasteiger charge is 2.31. The van der Waals surface area contributed by atoms with Gasteiger partial charge in [-0.25, -0.2) is 12.8 Å². The molecule has 2 aromatic rings. The van der Waals surface area contributed by atoms with Crippen LogP contribution in [0.4, 0.5) is 10.1 Å². The van der Waals surface area contributed by atoms with E-state index in [-0.39, 0.29) is 35.2 Å². The first-order chi connectivity index (χ1) is 12.8. The zero-order valence-corrected chi connectivity index (χ0v) is 15.5. The molecule has 144 valence electrons. The van der Waals surface area contributed by atoms with Gasteiger partial charge in [-0.15, -0.1) is 0 Å². The molecular formula is C19H20FNO5S. The summed E-state index contributed by atoms with van der Waals surface area (Å²) in [6, 6.07) is 9.87. The van der Waals surface area contributed by atoms with Gasteiger partial charge in [-0.2, -0.15) is 0 Å². The number of halogens is 1. The van der Waals surface area contributed by atoms with Crippen LogP contribution < -0.4 is 5.32 Å². The Kier molecular flexibility index (Phi) is 5.59. The number of hydrogen-bond acceptors (Lipinski definition) is 5. The van der Waals surface area contributed by atoms with Crippen LogP contribution >= 0.6 is 0 Å². The highest BCUT2D eigenvalue weighted by molar-refractivity contribution is 7.91. The minimum atomic E-state index is -3.69. The van der Waals surface area contributed by atoms with Crippen molar-refractivity contribution < 1.29 is 27.4 Å². The summed E-state index contributed by atoms with van der Waals surface area (Å²) in [5, 5.41) is 12.4. The van der Waals surface area contributed by atoms with E-state index in [1.807, 2.05) is 0 Å². The van der Waals surface area contributed by atoms with Crippen molar-refractivity contribution in [1.82, 2.24) is 0 Å². The van der Waals surface area contributed by atoms with Gasteiger partial charge in [0.1, 0.15) is 5.82 Å². The van der Waals surface area contributed by atoms with Crippen LogP contribution in [0, 0.1) is 18.7 Å². The number of anilines is 1. The number of benzene rings is 2. The van der Waals surface area contributed by atoms with E-state index in [1.165, 1.54) is 42.5 Å². The molecule has 2 unspecified atom stereocenters. The van der Waals surface area contributed by atoms with E-state index >= 15 is 0 Å². The fraction of sp³-hybridized carbons (Fsp3) is 0.316. The molecule has 3 rings (SSSR count). The van der Waals surface area contributed by atoms with Gasteiger partial charge in [0.2, 0.25) is 0 Å². The first-order valence-corrected chi connectivity index (χ1v) is 10.1. The zero-order chi connectivity index (χ0) is 19.6. The van der Waals surface area contributed by atoms with Crippen LogP contribution in [0.5, 0.6) is 0 Å². The van der Waals surface area contributed by atoms with Crippen LogP contribution in [0.3, 0.4) is 0 Å². The number of nitrogens with one attached hydrogen (secondary N) is 1. The Hall–Kier alpha value is -2.29. The molecule has 2 aromatic carbocycles. The standard InChI is InChI=1S/C19H20FNO5S/c1-12-7-15(5-6-17(12)20)21-19(23)13-3-2-4-16(8-13)27(24,25)11-14-9-26-10-18(14)22/h2-8,14,18,22H,9-11H2,1H3,(H,21,23). The molecule has 0 aromatic heterocycles. The maximum atomic E-state index is 13.3. The van der Waals surface area contributed by atoms with Gasteiger partial charge in [-0.1, -0.05) is 6.07 Å². The van der Waals surface area contributed by atoms with E-state index in [0.717, 1.165) is 0 Å². The number of aliphatic hydroxyl groups excluding tert-OH is 1. The van der Waals surface area contributed by atoms with Crippen LogP contribution in [0.15, 0.2) is 47.4 Å². The van der Waals surface area contributed by atoms with Gasteiger partial charge in [-0.3, -0.25) is 4.79 Å². The second kappa shape index (κ2) is 7.75. The van der Waals surface area contributed by atoms with Crippen LogP contribution in [0.25, 0.3) is 0 Å². The molecule has 0 saturated carbocycles. The minimum Gasteiger partial charge on any atom is -0.390 e. The molecule has 2 atom stereocenters. The van der Waals surface area contributed by atoms with Crippen molar-refractivity contribution in [2.45, 2.75) is 17.9 Å². The summed E-state index contributed by atoms with van der Waals surface area (Å²) < 4.78 is 43.6. The number of amides is 1. The maximum absolute atomic E-state index is 13.3. The van der Waals surface area contributed by atoms with Crippen LogP contribution in [0.2, 0.25) is 0 Å². The average Bonchev–Trinajstić information content (AvgIpc) is 3.02. The second-order valence-electron chi connectivity index (χ2n) is 6.59. The van der Waals surface area contributed by atoms with Crippen LogP contribution in [-0.4, -0.2) is 44.5 Å². The van der Waals surface area contributed by atoms with Gasteiger partial charge in [0.15, 0.2) is 9.84 Å². The SMILES string of the molecule is Cc1cc(NC(=O)c2cccc(S(=O)(=O)CC3COCC3O)c2)ccc1F. The third-order valence-electron chi connectivity index (χ3n) is 4.47. The lowest BCUT2D eigenvalue weighted by Crippen LogP contribution is -2.26. The normalized spacial score (nSPS) is 19.8. The molecule has 1 heterocycles. The molecule has 27 heavy (non-hydrogen) atoms. The van der Waals surface area contributed by atoms with Gasteiger partial charge in [0.25, 0.3) is 5.91 Å². The summed E-state index contributed by atoms with van der Waals surface area (Å²) in [5.41, 5.74) is 0.973. The Morgan fingerprint density at radius 1 is 1.26 bits per heavy atom. The van der Waals surface area contributed by atoms with Crippen LogP contribution in [-0.2, 0) is 14.6 Å². The van der Waals surface area contributed by atoms with Gasteiger partial charge in [-0.05, 0) is 48.9 Å². The predicted molar refractivity (Wildman–Crippen MR) is 97.9 cm³/mol. The molecule has 0 radical (unpaired) electrons. The molecule has 1 saturated heterocycles. The third kappa shape index (κ3) is 4.52. The van der Waals surface area contributed by atoms with Crippen molar-refractivity contribution in [3.63, 3.8) is 0 Å². The molecule has 0 bridgehead atoms. The monoisotopic (exact) mass is 393 g/mol. The highest BCUT2D eigenvalue weighted by atomic mass is 32.2. The number of aryl methyl sites for hydroxylation is 1. The lowest BCUT2D eigenvalue weighted by atomic mass is 10.1. The highest BCUT2D eigenvalue weighted by Crippen LogP contribution is 2.22. The van der Waals surface area contributed by atoms with Gasteiger partial charge < -0.3 is 15.2 Å². The summed E-state index contributed by atoms with van der Waals surface area (Å²) in [6.07, 6.45) is -0.812. The number of aliphatic hydroxyl groups is 1. The lowest BCUT2D eigenvalue weighted by Gasteiger charge is -2.13. The molecule has 2 N–H and O–H groups in total. The zero-order valence-electron chi connectivity index (χ0n) is 14.7. The number of ether oxygens (including phenoxy) is 1. The third-order valence-corrected chi connectivity index (χ3v) is 6.31. The summed E-state index contributed by atoms with van der Waals surface area (Å²) in [5.74, 6) is -1.62. The van der Waals surface area contributed by atoms with E-state index < -0.39 is 27.8 Å². The Morgan fingerprint density at radius 2 is 2.04 bits per heavy atom. The molecule has 1 aliphatic heterocycles. The van der Waals surface area contributed by atoms with Crippen molar-refractivity contribution in [2.24, 2.45) is 5.92 Å². The van der Waals surface area contributed by atoms with Gasteiger partial charge in [0, 0.05) is 17.2 Å². The molecule has 8 heteroatoms. The number of hydrogen-bond donors (Lipinski definition) is 2. The van der Waals surface area contributed by atoms with Crippen molar-refractivity contribution in [2.75, 3.05) is 24.3 Å². The first-order valence-electron chi connectivity index (χ1n) is 8.42. The van der Waals surface area contributed by atoms with E-state index in [0.29, 0.717) is 11.3 Å². The fourth-order valence-electron chi connectivity index (χ4n) is 2.88. The Labute approximate surface area is 156 Å². The summed E-state index contributed by atoms with van der Waals surface area (Å²) in [4.78, 5) is 12.4. The van der Waals surface area contributed by atoms with E-state index in [1.54, 1.807) is 6.92 Å². The lowest BCUT2D eigenvalue weighted by molar-refractivity contribution is 0.102. The summed E-state index contributed by atoms with van der Waals surface area (Å²) in [6.45, 7) is 1.89. The minimum absolute atomic E-state index is 0.00420. The molecule has 1 aliphatic rings. The number of sulfone groups is 1. The Balaban J connectivity index is 1.77. The summed E-state index contributed by atoms with van der Waals surface area (Å²) in [7, 11) is -3.69. The van der Waals surface area contributed by atoms with Crippen molar-refractivity contribution >= 4 is 21.4 Å². The Morgan fingerprint density at radius 3 is 2.70 bits per heavy atom. The van der Waals surface area contributed by atoms with E-state index in [2.05, 4.69) is 5.32 Å². The molecule has 1 amide bonds. The fourth-order valence-corrected chi connectivity index (χ4v) is 4.55. The molecule has 1 fully saturated rings.